The summed E-state index contributed by atoms with van der Waals surface area (Å²) in [7, 11) is 3.54. The number of carbonyl (C=O) groups excluding carboxylic acids is 1. The van der Waals surface area contributed by atoms with Crippen LogP contribution in [0.5, 0.6) is 0 Å². The number of thioether (sulfide) groups is 1. The molecule has 0 saturated carbocycles. The van der Waals surface area contributed by atoms with Gasteiger partial charge in [0.2, 0.25) is 5.95 Å². The fourth-order valence-corrected chi connectivity index (χ4v) is 5.47. The lowest BCUT2D eigenvalue weighted by atomic mass is 10.1. The lowest BCUT2D eigenvalue weighted by Gasteiger charge is -2.30. The molecule has 1 atom stereocenters. The van der Waals surface area contributed by atoms with Crippen molar-refractivity contribution in [3.05, 3.63) is 46.1 Å². The summed E-state index contributed by atoms with van der Waals surface area (Å²) in [5, 5.41) is -0.311. The van der Waals surface area contributed by atoms with E-state index in [1.165, 1.54) is 18.0 Å². The van der Waals surface area contributed by atoms with E-state index in [0.717, 1.165) is 31.6 Å². The Bertz CT molecular complexity index is 908. The van der Waals surface area contributed by atoms with Gasteiger partial charge in [0.25, 0.3) is 5.91 Å². The van der Waals surface area contributed by atoms with Gasteiger partial charge in [-0.25, -0.2) is 4.98 Å². The number of rotatable bonds is 4. The first kappa shape index (κ1) is 19.8. The predicted molar refractivity (Wildman–Crippen MR) is 114 cm³/mol. The topological polar surface area (TPSA) is 78.1 Å². The Labute approximate surface area is 174 Å². The van der Waals surface area contributed by atoms with Crippen molar-refractivity contribution in [3.63, 3.8) is 0 Å². The van der Waals surface area contributed by atoms with Gasteiger partial charge >= 0.3 is 0 Å². The van der Waals surface area contributed by atoms with Crippen LogP contribution in [0.25, 0.3) is 0 Å². The number of allylic oxidation sites excluding steroid dienone is 1. The normalized spacial score (nSPS) is 23.0. The minimum atomic E-state index is -0.469. The molecule has 0 bridgehead atoms. The van der Waals surface area contributed by atoms with Crippen molar-refractivity contribution in [3.8, 4) is 0 Å². The van der Waals surface area contributed by atoms with Crippen molar-refractivity contribution in [2.75, 3.05) is 38.6 Å². The number of aliphatic imine (C=N–C) groups is 1. The molecule has 2 N–H and O–H groups in total. The van der Waals surface area contributed by atoms with E-state index in [4.69, 9.17) is 5.73 Å². The van der Waals surface area contributed by atoms with E-state index in [2.05, 4.69) is 14.9 Å². The number of carbonyl (C=O) groups is 1. The van der Waals surface area contributed by atoms with Crippen LogP contribution in [0, 0.1) is 5.95 Å². The van der Waals surface area contributed by atoms with Crippen LogP contribution in [0.3, 0.4) is 0 Å². The highest BCUT2D eigenvalue weighted by Crippen LogP contribution is 2.50. The molecule has 0 spiro atoms. The number of aromatic nitrogens is 1. The SMILES string of the molecule is CN=C/C(=C\N)N1CCC2=C(SC(c3ccc(N4CCCC4)nc3F)N2C)C1=O. The van der Waals surface area contributed by atoms with E-state index in [1.807, 2.05) is 18.0 Å². The number of hydrogen-bond donors (Lipinski definition) is 1. The van der Waals surface area contributed by atoms with E-state index >= 15 is 0 Å². The summed E-state index contributed by atoms with van der Waals surface area (Å²) in [6, 6.07) is 3.69. The minimum absolute atomic E-state index is 0.121. The summed E-state index contributed by atoms with van der Waals surface area (Å²) in [6.45, 7) is 2.35. The number of pyridine rings is 1. The van der Waals surface area contributed by atoms with Gasteiger partial charge in [0.05, 0.1) is 10.6 Å². The van der Waals surface area contributed by atoms with Gasteiger partial charge in [-0.2, -0.15) is 4.39 Å². The van der Waals surface area contributed by atoms with Gasteiger partial charge in [-0.1, -0.05) is 11.8 Å². The van der Waals surface area contributed by atoms with Crippen LogP contribution >= 0.6 is 11.8 Å². The molecule has 9 heteroatoms. The van der Waals surface area contributed by atoms with Crippen molar-refractivity contribution in [2.24, 2.45) is 10.7 Å². The summed E-state index contributed by atoms with van der Waals surface area (Å²) in [5.74, 6) is 0.0961. The highest BCUT2D eigenvalue weighted by molar-refractivity contribution is 8.04. The third kappa shape index (κ3) is 3.48. The highest BCUT2D eigenvalue weighted by atomic mass is 32.2. The molecule has 7 nitrogen and oxygen atoms in total. The van der Waals surface area contributed by atoms with E-state index in [9.17, 15) is 9.18 Å². The molecule has 1 amide bonds. The van der Waals surface area contributed by atoms with E-state index < -0.39 is 5.95 Å². The fraction of sp³-hybridized carbons (Fsp3) is 0.450. The molecule has 1 aromatic heterocycles. The second-order valence-electron chi connectivity index (χ2n) is 7.29. The number of amides is 1. The van der Waals surface area contributed by atoms with Crippen LogP contribution < -0.4 is 10.6 Å². The lowest BCUT2D eigenvalue weighted by molar-refractivity contribution is -0.124. The molecule has 0 aliphatic carbocycles. The maximum atomic E-state index is 14.9. The zero-order chi connectivity index (χ0) is 20.5. The number of anilines is 1. The second-order valence-corrected chi connectivity index (χ2v) is 8.38. The molecule has 0 radical (unpaired) electrons. The summed E-state index contributed by atoms with van der Waals surface area (Å²) >= 11 is 1.37. The molecule has 1 aromatic rings. The molecule has 4 heterocycles. The summed E-state index contributed by atoms with van der Waals surface area (Å²) < 4.78 is 14.9. The second kappa shape index (κ2) is 8.06. The van der Waals surface area contributed by atoms with Gasteiger partial charge in [0.15, 0.2) is 0 Å². The summed E-state index contributed by atoms with van der Waals surface area (Å²) in [5.41, 5.74) is 7.68. The molecule has 0 aromatic carbocycles. The average molecular weight is 417 g/mol. The highest BCUT2D eigenvalue weighted by Gasteiger charge is 2.41. The van der Waals surface area contributed by atoms with Gasteiger partial charge in [0, 0.05) is 63.8 Å². The smallest absolute Gasteiger partial charge is 0.266 e. The van der Waals surface area contributed by atoms with Gasteiger partial charge < -0.3 is 20.4 Å². The van der Waals surface area contributed by atoms with Crippen LogP contribution in [-0.2, 0) is 4.79 Å². The summed E-state index contributed by atoms with van der Waals surface area (Å²) in [6.07, 6.45) is 5.87. The van der Waals surface area contributed by atoms with Crippen LogP contribution in [0.1, 0.15) is 30.2 Å². The molecule has 1 saturated heterocycles. The van der Waals surface area contributed by atoms with E-state index in [0.29, 0.717) is 34.9 Å². The predicted octanol–water partition coefficient (Wildman–Crippen LogP) is 2.44. The Balaban J connectivity index is 1.57. The molecule has 3 aliphatic heterocycles. The van der Waals surface area contributed by atoms with Gasteiger partial charge in [-0.3, -0.25) is 9.79 Å². The van der Waals surface area contributed by atoms with E-state index in [-0.39, 0.29) is 11.3 Å². The molecule has 3 aliphatic rings. The molecular weight excluding hydrogens is 391 g/mol. The zero-order valence-electron chi connectivity index (χ0n) is 16.6. The Morgan fingerprint density at radius 1 is 1.34 bits per heavy atom. The lowest BCUT2D eigenvalue weighted by Crippen LogP contribution is -2.37. The Morgan fingerprint density at radius 3 is 2.76 bits per heavy atom. The van der Waals surface area contributed by atoms with Crippen molar-refractivity contribution in [1.29, 1.82) is 0 Å². The third-order valence-electron chi connectivity index (χ3n) is 5.58. The van der Waals surface area contributed by atoms with Crippen LogP contribution in [0.15, 0.2) is 39.6 Å². The van der Waals surface area contributed by atoms with Gasteiger partial charge in [-0.15, -0.1) is 0 Å². The van der Waals surface area contributed by atoms with Crippen molar-refractivity contribution in [2.45, 2.75) is 24.6 Å². The molecular formula is C20H25FN6OS. The van der Waals surface area contributed by atoms with Crippen LogP contribution in [0.4, 0.5) is 10.2 Å². The average Bonchev–Trinajstić information content (AvgIpc) is 3.36. The molecule has 4 rings (SSSR count). The van der Waals surface area contributed by atoms with E-state index in [1.54, 1.807) is 24.2 Å². The van der Waals surface area contributed by atoms with Crippen molar-refractivity contribution < 1.29 is 9.18 Å². The quantitative estimate of drug-likeness (QED) is 0.600. The Hall–Kier alpha value is -2.55. The van der Waals surface area contributed by atoms with Crippen LogP contribution in [-0.4, -0.2) is 60.6 Å². The first-order valence-electron chi connectivity index (χ1n) is 9.75. The summed E-state index contributed by atoms with van der Waals surface area (Å²) in [4.78, 5) is 27.6. The molecule has 154 valence electrons. The standard InChI is InChI=1S/C20H25FN6OS/c1-23-12-13(11-22)27-10-7-15-17(19(27)28)29-20(25(15)2)14-5-6-16(24-18(14)21)26-8-3-4-9-26/h5-6,11-12,20H,3-4,7-10,22H2,1-2H3/b13-11+,23-12?. The Kier molecular flexibility index (Phi) is 5.49. The number of nitrogens with two attached hydrogens (primary N) is 1. The molecule has 29 heavy (non-hydrogen) atoms. The van der Waals surface area contributed by atoms with Crippen molar-refractivity contribution >= 4 is 29.7 Å². The Morgan fingerprint density at radius 2 is 2.10 bits per heavy atom. The number of hydrogen-bond acceptors (Lipinski definition) is 7. The maximum absolute atomic E-state index is 14.9. The number of nitrogens with zero attached hydrogens (tertiary/aromatic N) is 5. The van der Waals surface area contributed by atoms with Crippen molar-refractivity contribution in [1.82, 2.24) is 14.8 Å². The van der Waals surface area contributed by atoms with Gasteiger partial charge in [-0.05, 0) is 25.0 Å². The van der Waals surface area contributed by atoms with Gasteiger partial charge in [0.1, 0.15) is 11.2 Å². The monoisotopic (exact) mass is 416 g/mol. The fourth-order valence-electron chi connectivity index (χ4n) is 4.06. The molecule has 1 unspecified atom stereocenters. The first-order valence-corrected chi connectivity index (χ1v) is 10.6. The van der Waals surface area contributed by atoms with Crippen LogP contribution in [0.2, 0.25) is 0 Å². The maximum Gasteiger partial charge on any atom is 0.266 e. The number of halogens is 1. The zero-order valence-corrected chi connectivity index (χ0v) is 17.5. The minimum Gasteiger partial charge on any atom is -0.403 e. The first-order chi connectivity index (χ1) is 14.0. The molecule has 1 fully saturated rings. The largest absolute Gasteiger partial charge is 0.403 e. The third-order valence-corrected chi connectivity index (χ3v) is 7.02.